The molecule has 0 aliphatic rings. The quantitative estimate of drug-likeness (QED) is 0.738. The lowest BCUT2D eigenvalue weighted by molar-refractivity contribution is 0.0661. The minimum Gasteiger partial charge on any atom is -0.475 e. The topological polar surface area (TPSA) is 76.5 Å². The van der Waals surface area contributed by atoms with E-state index in [2.05, 4.69) is 4.98 Å². The summed E-state index contributed by atoms with van der Waals surface area (Å²) in [6.07, 6.45) is 0. The maximum absolute atomic E-state index is 10.7. The highest BCUT2D eigenvalue weighted by Crippen LogP contribution is 2.27. The lowest BCUT2D eigenvalue weighted by Crippen LogP contribution is -1.91. The number of thioether (sulfide) groups is 1. The molecular formula is C14H11NO4S. The van der Waals surface area contributed by atoms with Crippen molar-refractivity contribution in [3.63, 3.8) is 0 Å². The molecule has 5 nitrogen and oxygen atoms in total. The minimum absolute atomic E-state index is 0.0613. The van der Waals surface area contributed by atoms with Crippen LogP contribution in [0.5, 0.6) is 0 Å². The Morgan fingerprint density at radius 1 is 1.30 bits per heavy atom. The van der Waals surface area contributed by atoms with Crippen molar-refractivity contribution in [1.82, 2.24) is 4.98 Å². The predicted octanol–water partition coefficient (Wildman–Crippen LogP) is 3.72. The van der Waals surface area contributed by atoms with Crippen molar-refractivity contribution >= 4 is 28.8 Å². The van der Waals surface area contributed by atoms with Gasteiger partial charge in [-0.3, -0.25) is 0 Å². The van der Waals surface area contributed by atoms with Gasteiger partial charge in [0.05, 0.1) is 5.75 Å². The van der Waals surface area contributed by atoms with E-state index < -0.39 is 5.97 Å². The van der Waals surface area contributed by atoms with Crippen LogP contribution in [0.25, 0.3) is 11.1 Å². The summed E-state index contributed by atoms with van der Waals surface area (Å²) in [5.41, 5.74) is 2.68. The number of nitrogens with zero attached hydrogens (tertiary/aromatic N) is 1. The Morgan fingerprint density at radius 2 is 2.15 bits per heavy atom. The number of carboxylic acid groups (broad SMARTS) is 1. The van der Waals surface area contributed by atoms with Gasteiger partial charge in [-0.1, -0.05) is 17.8 Å². The van der Waals surface area contributed by atoms with E-state index in [0.29, 0.717) is 16.7 Å². The second-order valence-electron chi connectivity index (χ2n) is 4.31. The van der Waals surface area contributed by atoms with Crippen molar-refractivity contribution < 1.29 is 18.7 Å². The number of rotatable bonds is 4. The van der Waals surface area contributed by atoms with Gasteiger partial charge in [-0.25, -0.2) is 9.78 Å². The molecule has 0 saturated carbocycles. The smallest absolute Gasteiger partial charge is 0.371 e. The van der Waals surface area contributed by atoms with Crippen LogP contribution in [0.2, 0.25) is 0 Å². The van der Waals surface area contributed by atoms with Crippen molar-refractivity contribution in [3.05, 3.63) is 47.4 Å². The van der Waals surface area contributed by atoms with Crippen LogP contribution in [0.3, 0.4) is 0 Å². The van der Waals surface area contributed by atoms with Crippen molar-refractivity contribution in [2.24, 2.45) is 0 Å². The molecule has 6 heteroatoms. The van der Waals surface area contributed by atoms with Gasteiger partial charge in [0, 0.05) is 0 Å². The van der Waals surface area contributed by atoms with Crippen molar-refractivity contribution in [1.29, 1.82) is 0 Å². The van der Waals surface area contributed by atoms with Crippen LogP contribution in [0.15, 0.2) is 44.4 Å². The predicted molar refractivity (Wildman–Crippen MR) is 74.0 cm³/mol. The summed E-state index contributed by atoms with van der Waals surface area (Å²) in [5.74, 6) is -0.0859. The fourth-order valence-corrected chi connectivity index (χ4v) is 2.51. The normalized spacial score (nSPS) is 11.1. The van der Waals surface area contributed by atoms with Crippen molar-refractivity contribution in [3.8, 4) is 0 Å². The van der Waals surface area contributed by atoms with Crippen LogP contribution < -0.4 is 0 Å². The van der Waals surface area contributed by atoms with E-state index in [1.165, 1.54) is 17.8 Å². The van der Waals surface area contributed by atoms with Gasteiger partial charge >= 0.3 is 5.97 Å². The minimum atomic E-state index is -1.07. The number of hydrogen-bond donors (Lipinski definition) is 1. The van der Waals surface area contributed by atoms with Gasteiger partial charge in [0.25, 0.3) is 5.22 Å². The highest BCUT2D eigenvalue weighted by atomic mass is 32.2. The summed E-state index contributed by atoms with van der Waals surface area (Å²) in [6, 6.07) is 8.89. The van der Waals surface area contributed by atoms with Gasteiger partial charge in [0.1, 0.15) is 11.3 Å². The zero-order valence-corrected chi connectivity index (χ0v) is 11.4. The second kappa shape index (κ2) is 5.05. The van der Waals surface area contributed by atoms with Gasteiger partial charge in [0.2, 0.25) is 5.76 Å². The Morgan fingerprint density at radius 3 is 2.90 bits per heavy atom. The molecule has 0 spiro atoms. The Labute approximate surface area is 118 Å². The van der Waals surface area contributed by atoms with Crippen LogP contribution >= 0.6 is 11.8 Å². The summed E-state index contributed by atoms with van der Waals surface area (Å²) >= 11 is 1.37. The molecule has 1 N–H and O–H groups in total. The van der Waals surface area contributed by atoms with E-state index in [9.17, 15) is 4.79 Å². The molecule has 102 valence electrons. The average Bonchev–Trinajstić information content (AvgIpc) is 3.01. The van der Waals surface area contributed by atoms with Crippen molar-refractivity contribution in [2.45, 2.75) is 17.9 Å². The van der Waals surface area contributed by atoms with E-state index in [1.807, 2.05) is 25.1 Å². The number of hydrogen-bond acceptors (Lipinski definition) is 5. The van der Waals surface area contributed by atoms with Crippen LogP contribution in [-0.4, -0.2) is 16.1 Å². The molecule has 3 aromatic rings. The molecule has 0 atom stereocenters. The van der Waals surface area contributed by atoms with Gasteiger partial charge in [-0.05, 0) is 36.8 Å². The van der Waals surface area contributed by atoms with Gasteiger partial charge in [-0.2, -0.15) is 0 Å². The fourth-order valence-electron chi connectivity index (χ4n) is 1.78. The largest absolute Gasteiger partial charge is 0.475 e. The third-order valence-corrected chi connectivity index (χ3v) is 3.58. The van der Waals surface area contributed by atoms with Crippen LogP contribution in [-0.2, 0) is 5.75 Å². The van der Waals surface area contributed by atoms with Crippen LogP contribution in [0.4, 0.5) is 0 Å². The first-order valence-corrected chi connectivity index (χ1v) is 6.92. The second-order valence-corrected chi connectivity index (χ2v) is 5.24. The van der Waals surface area contributed by atoms with E-state index in [0.717, 1.165) is 16.7 Å². The molecule has 2 aromatic heterocycles. The fraction of sp³-hybridized carbons (Fsp3) is 0.143. The maximum atomic E-state index is 10.7. The molecule has 0 amide bonds. The first-order valence-electron chi connectivity index (χ1n) is 5.94. The molecule has 2 heterocycles. The summed E-state index contributed by atoms with van der Waals surface area (Å²) in [6.45, 7) is 2.00. The first-order chi connectivity index (χ1) is 9.61. The number of furan rings is 1. The summed E-state index contributed by atoms with van der Waals surface area (Å²) in [5, 5.41) is 9.31. The molecule has 0 bridgehead atoms. The van der Waals surface area contributed by atoms with Gasteiger partial charge in [0.15, 0.2) is 5.58 Å². The maximum Gasteiger partial charge on any atom is 0.371 e. The van der Waals surface area contributed by atoms with Gasteiger partial charge < -0.3 is 13.9 Å². The third kappa shape index (κ3) is 2.55. The third-order valence-electron chi connectivity index (χ3n) is 2.73. The first kappa shape index (κ1) is 12.8. The Kier molecular flexibility index (Phi) is 3.23. The molecule has 0 saturated heterocycles. The van der Waals surface area contributed by atoms with Crippen LogP contribution in [0, 0.1) is 6.92 Å². The SMILES string of the molecule is Cc1ccc2oc(SCc3ccc(C(=O)O)o3)nc2c1. The lowest BCUT2D eigenvalue weighted by Gasteiger charge is -1.92. The number of aryl methyl sites for hydroxylation is 1. The number of carboxylic acids is 1. The number of oxazole rings is 1. The Bertz CT molecular complexity index is 774. The molecule has 0 unspecified atom stereocenters. The lowest BCUT2D eigenvalue weighted by atomic mass is 10.2. The highest BCUT2D eigenvalue weighted by molar-refractivity contribution is 7.98. The average molecular weight is 289 g/mol. The van der Waals surface area contributed by atoms with Crippen LogP contribution in [0.1, 0.15) is 21.9 Å². The number of benzene rings is 1. The summed E-state index contributed by atoms with van der Waals surface area (Å²) in [7, 11) is 0. The summed E-state index contributed by atoms with van der Waals surface area (Å²) < 4.78 is 10.8. The molecule has 0 radical (unpaired) electrons. The molecule has 0 aliphatic heterocycles. The molecule has 3 rings (SSSR count). The molecular weight excluding hydrogens is 278 g/mol. The van der Waals surface area contributed by atoms with E-state index >= 15 is 0 Å². The number of fused-ring (bicyclic) bond motifs is 1. The number of aromatic nitrogens is 1. The Hall–Kier alpha value is -2.21. The zero-order valence-electron chi connectivity index (χ0n) is 10.6. The Balaban J connectivity index is 1.74. The van der Waals surface area contributed by atoms with E-state index in [4.69, 9.17) is 13.9 Å². The highest BCUT2D eigenvalue weighted by Gasteiger charge is 2.11. The van der Waals surface area contributed by atoms with Crippen molar-refractivity contribution in [2.75, 3.05) is 0 Å². The molecule has 20 heavy (non-hydrogen) atoms. The van der Waals surface area contributed by atoms with E-state index in [1.54, 1.807) is 6.07 Å². The zero-order chi connectivity index (χ0) is 14.1. The number of carbonyl (C=O) groups is 1. The molecule has 1 aromatic carbocycles. The monoisotopic (exact) mass is 289 g/mol. The van der Waals surface area contributed by atoms with Gasteiger partial charge in [-0.15, -0.1) is 0 Å². The summed E-state index contributed by atoms with van der Waals surface area (Å²) in [4.78, 5) is 15.1. The standard InChI is InChI=1S/C14H11NO4S/c1-8-2-4-11-10(6-8)15-14(19-11)20-7-9-3-5-12(18-9)13(16)17/h2-6H,7H2,1H3,(H,16,17). The number of aromatic carboxylic acids is 1. The molecule has 0 aliphatic carbocycles. The van der Waals surface area contributed by atoms with E-state index in [-0.39, 0.29) is 5.76 Å². The molecule has 0 fully saturated rings.